The van der Waals surface area contributed by atoms with Gasteiger partial charge >= 0.3 is 0 Å². The number of rotatable bonds is 0. The van der Waals surface area contributed by atoms with Crippen molar-refractivity contribution in [2.24, 2.45) is 0 Å². The monoisotopic (exact) mass is 289 g/mol. The fourth-order valence-electron chi connectivity index (χ4n) is 0.630. The maximum Gasteiger partial charge on any atom is 0 e. The summed E-state index contributed by atoms with van der Waals surface area (Å²) < 4.78 is 0. The molecule has 0 unspecified atom stereocenters. The highest BCUT2D eigenvalue weighted by molar-refractivity contribution is 5.47. The molecule has 0 aliphatic rings. The van der Waals surface area contributed by atoms with Crippen molar-refractivity contribution in [3.8, 4) is 137 Å². The minimum atomic E-state index is 1.87. The van der Waals surface area contributed by atoms with Gasteiger partial charge in [0, 0.05) is 17.8 Å². The highest BCUT2D eigenvalue weighted by Gasteiger charge is 1.58. The molecule has 0 aromatic heterocycles. The van der Waals surface area contributed by atoms with Crippen LogP contribution in [0.15, 0.2) is 0 Å². The minimum Gasteiger partial charge on any atom is -0.358 e. The Morgan fingerprint density at radius 1 is 0.333 bits per heavy atom. The van der Waals surface area contributed by atoms with E-state index in [4.69, 9.17) is 12.8 Å². The van der Waals surface area contributed by atoms with Crippen LogP contribution in [0.25, 0.3) is 0 Å². The second-order valence-electron chi connectivity index (χ2n) is 2.77. The second-order valence-corrected chi connectivity index (χ2v) is 2.77. The van der Waals surface area contributed by atoms with Crippen molar-refractivity contribution in [1.29, 1.82) is 0 Å². The molecule has 0 bridgehead atoms. The number of terminal acetylenes is 1. The van der Waals surface area contributed by atoms with Gasteiger partial charge < -0.3 is 6.42 Å². The maximum absolute atomic E-state index is 6.51. The van der Waals surface area contributed by atoms with Gasteiger partial charge in [-0.3, -0.25) is 5.92 Å². The quantitative estimate of drug-likeness (QED) is 0.443. The Bertz CT molecular complexity index is 1100. The van der Waals surface area contributed by atoms with Gasteiger partial charge in [-0.2, -0.15) is 0 Å². The van der Waals surface area contributed by atoms with E-state index in [9.17, 15) is 0 Å². The molecule has 0 radical (unpaired) electrons. The molecule has 0 aromatic carbocycles. The van der Waals surface area contributed by atoms with Crippen LogP contribution in [0.1, 0.15) is 0 Å². The highest BCUT2D eigenvalue weighted by atomic mass is 13.6. The van der Waals surface area contributed by atoms with Crippen molar-refractivity contribution in [2.75, 3.05) is 0 Å². The molecule has 0 aliphatic carbocycles. The van der Waals surface area contributed by atoms with Crippen molar-refractivity contribution in [3.63, 3.8) is 0 Å². The lowest BCUT2D eigenvalue weighted by atomic mass is 10.4. The zero-order valence-corrected chi connectivity index (χ0v) is 12.1. The zero-order valence-electron chi connectivity index (χ0n) is 12.1. The predicted molar refractivity (Wildman–Crippen MR) is 93.7 cm³/mol. The molecule has 0 nitrogen and oxygen atoms in total. The molecular weight excluding hydrogens is 288 g/mol. The van der Waals surface area contributed by atoms with E-state index in [0.717, 1.165) is 0 Å². The van der Waals surface area contributed by atoms with Gasteiger partial charge in [-0.05, 0) is 94.7 Å². The van der Waals surface area contributed by atoms with E-state index in [1.165, 1.54) is 0 Å². The molecule has 0 heteroatoms. The Balaban J connectivity index is 4.40. The van der Waals surface area contributed by atoms with Gasteiger partial charge in [-0.15, -0.1) is 12.3 Å². The van der Waals surface area contributed by atoms with E-state index >= 15 is 0 Å². The standard InChI is InChI=1S/C24H/c1-3-5-7-9-11-13-15-17-19-21-23-24-22-20-18-16-14-12-10-8-6-4-2/h1H/q-1. The van der Waals surface area contributed by atoms with Crippen LogP contribution in [0.2, 0.25) is 0 Å². The molecule has 0 saturated heterocycles. The molecule has 24 heavy (non-hydrogen) atoms. The summed E-state index contributed by atoms with van der Waals surface area (Å²) in [5, 5.41) is 0. The van der Waals surface area contributed by atoms with E-state index in [-0.39, 0.29) is 0 Å². The largest absolute Gasteiger partial charge is 0.358 e. The van der Waals surface area contributed by atoms with E-state index < -0.39 is 0 Å². The lowest BCUT2D eigenvalue weighted by Crippen LogP contribution is -1.56. The van der Waals surface area contributed by atoms with Crippen LogP contribution in [0.4, 0.5) is 0 Å². The molecule has 0 rings (SSSR count). The van der Waals surface area contributed by atoms with Crippen LogP contribution in [0.3, 0.4) is 0 Å². The third-order valence-electron chi connectivity index (χ3n) is 1.32. The molecule has 98 valence electrons. The van der Waals surface area contributed by atoms with Gasteiger partial charge in [-0.25, -0.2) is 5.92 Å². The van der Waals surface area contributed by atoms with Gasteiger partial charge in [0.15, 0.2) is 0 Å². The summed E-state index contributed by atoms with van der Waals surface area (Å²) in [6, 6.07) is 0. The molecule has 0 amide bonds. The van der Waals surface area contributed by atoms with Crippen LogP contribution < -0.4 is 0 Å². The molecule has 0 fully saturated rings. The minimum absolute atomic E-state index is 1.87. The van der Waals surface area contributed by atoms with Crippen molar-refractivity contribution in [2.45, 2.75) is 0 Å². The Morgan fingerprint density at radius 3 is 0.750 bits per heavy atom. The predicted octanol–water partition coefficient (Wildman–Crippen LogP) is 0.243. The van der Waals surface area contributed by atoms with Crippen molar-refractivity contribution in [3.05, 3.63) is 6.42 Å². The summed E-state index contributed by atoms with van der Waals surface area (Å²) in [5.74, 6) is 52.6. The van der Waals surface area contributed by atoms with Gasteiger partial charge in [0.1, 0.15) is 0 Å². The normalized spacial score (nSPS) is 3.75. The van der Waals surface area contributed by atoms with Gasteiger partial charge in [0.2, 0.25) is 0 Å². The third-order valence-corrected chi connectivity index (χ3v) is 1.32. The smallest absolute Gasteiger partial charge is 0 e. The van der Waals surface area contributed by atoms with E-state index in [1.54, 1.807) is 0 Å². The van der Waals surface area contributed by atoms with Gasteiger partial charge in [0.25, 0.3) is 0 Å². The van der Waals surface area contributed by atoms with E-state index in [1.807, 2.05) is 5.92 Å². The Hall–Kier alpha value is -5.28. The number of hydrogen-bond donors (Lipinski definition) is 0. The topological polar surface area (TPSA) is 0 Å². The Labute approximate surface area is 143 Å². The lowest BCUT2D eigenvalue weighted by Gasteiger charge is -1.63. The molecule has 0 heterocycles. The summed E-state index contributed by atoms with van der Waals surface area (Å²) in [6.07, 6.45) is 11.4. The van der Waals surface area contributed by atoms with E-state index in [0.29, 0.717) is 0 Å². The molecule has 0 spiro atoms. The van der Waals surface area contributed by atoms with Crippen molar-refractivity contribution < 1.29 is 0 Å². The molecule has 0 aromatic rings. The van der Waals surface area contributed by atoms with Crippen LogP contribution in [-0.4, -0.2) is 0 Å². The average molecular weight is 289 g/mol. The fourth-order valence-corrected chi connectivity index (χ4v) is 0.630. The van der Waals surface area contributed by atoms with E-state index in [2.05, 4.69) is 124 Å². The maximum atomic E-state index is 6.51. The summed E-state index contributed by atoms with van der Waals surface area (Å²) in [4.78, 5) is 0. The first kappa shape index (κ1) is 18.7. The SMILES string of the molecule is [C-]#CC#CC#CC#CC#CC#CC#CC#CC#CC#CC#CC#C. The average Bonchev–Trinajstić information content (AvgIpc) is 2.60. The van der Waals surface area contributed by atoms with Crippen LogP contribution in [0.5, 0.6) is 0 Å². The lowest BCUT2D eigenvalue weighted by molar-refractivity contribution is 2.32. The first-order valence-corrected chi connectivity index (χ1v) is 5.79. The molecule has 0 N–H and O–H groups in total. The molecule has 0 atom stereocenters. The molecule has 0 aliphatic heterocycles. The molecular formula is C24H-. The molecule has 0 saturated carbocycles. The zero-order chi connectivity index (χ0) is 17.6. The Morgan fingerprint density at radius 2 is 0.542 bits per heavy atom. The van der Waals surface area contributed by atoms with Gasteiger partial charge in [0.05, 0.1) is 0 Å². The summed E-state index contributed by atoms with van der Waals surface area (Å²) in [5.41, 5.74) is 0. The van der Waals surface area contributed by atoms with Crippen molar-refractivity contribution >= 4 is 0 Å². The van der Waals surface area contributed by atoms with Crippen molar-refractivity contribution in [1.82, 2.24) is 0 Å². The third kappa shape index (κ3) is 16.7. The number of hydrogen-bond acceptors (Lipinski definition) is 0. The van der Waals surface area contributed by atoms with Crippen LogP contribution >= 0.6 is 0 Å². The van der Waals surface area contributed by atoms with Crippen LogP contribution in [-0.2, 0) is 0 Å². The summed E-state index contributed by atoms with van der Waals surface area (Å²) >= 11 is 0. The highest BCUT2D eigenvalue weighted by Crippen LogP contribution is 1.58. The van der Waals surface area contributed by atoms with Gasteiger partial charge in [-0.1, -0.05) is 0 Å². The Kier molecular flexibility index (Phi) is 13.8. The summed E-state index contributed by atoms with van der Waals surface area (Å²) in [6.45, 7) is 0. The second kappa shape index (κ2) is 17.7. The summed E-state index contributed by atoms with van der Waals surface area (Å²) in [7, 11) is 0. The first-order valence-electron chi connectivity index (χ1n) is 5.79. The van der Waals surface area contributed by atoms with Crippen LogP contribution in [0, 0.1) is 143 Å². The fraction of sp³-hybridized carbons (Fsp3) is 0. The first-order chi connectivity index (χ1) is 11.9.